The largest absolute Gasteiger partial charge is 0.184 e. The molecule has 4 rings (SSSR count). The Morgan fingerprint density at radius 2 is 1.05 bits per heavy atom. The molecule has 3 heterocycles. The first-order valence-electron chi connectivity index (χ1n) is 14.8. The Morgan fingerprint density at radius 1 is 0.595 bits per heavy atom. The van der Waals surface area contributed by atoms with Crippen LogP contribution in [0.25, 0.3) is 31.9 Å². The predicted octanol–water partition coefficient (Wildman–Crippen LogP) is 10.7. The smallest absolute Gasteiger partial charge is 0.122 e. The van der Waals surface area contributed by atoms with Crippen molar-refractivity contribution in [2.24, 2.45) is 0 Å². The topological polar surface area (TPSA) is 30.7 Å². The normalized spacial score (nSPS) is 11.6. The van der Waals surface area contributed by atoms with Gasteiger partial charge in [-0.15, -0.1) is 22.7 Å². The number of benzene rings is 1. The number of hydrogen-bond donors (Lipinski definition) is 0. The fraction of sp³-hybridized carbons (Fsp3) is 0.562. The van der Waals surface area contributed by atoms with Gasteiger partial charge in [-0.2, -0.15) is 15.0 Å². The summed E-state index contributed by atoms with van der Waals surface area (Å²) in [6.07, 6.45) is 17.7. The molecular weight excluding hydrogens is 491 g/mol. The summed E-state index contributed by atoms with van der Waals surface area (Å²) in [6.45, 7) is 7.71. The molecule has 0 saturated carbocycles. The lowest BCUT2D eigenvalue weighted by atomic mass is 10.0. The average Bonchev–Trinajstić information content (AvgIpc) is 3.66. The molecule has 0 saturated heterocycles. The second-order valence-corrected chi connectivity index (χ2v) is 12.3. The number of thiophene rings is 2. The van der Waals surface area contributed by atoms with Gasteiger partial charge in [0, 0.05) is 20.9 Å². The molecule has 5 heteroatoms. The van der Waals surface area contributed by atoms with E-state index in [-0.39, 0.29) is 0 Å². The van der Waals surface area contributed by atoms with Gasteiger partial charge in [-0.05, 0) is 66.1 Å². The molecule has 3 nitrogen and oxygen atoms in total. The molecule has 0 unspecified atom stereocenters. The molecule has 0 radical (unpaired) electrons. The quantitative estimate of drug-likeness (QED) is 0.126. The molecule has 0 amide bonds. The van der Waals surface area contributed by atoms with Gasteiger partial charge in [0.05, 0.1) is 6.54 Å². The van der Waals surface area contributed by atoms with Crippen molar-refractivity contribution in [3.05, 3.63) is 46.2 Å². The van der Waals surface area contributed by atoms with E-state index in [1.54, 1.807) is 0 Å². The van der Waals surface area contributed by atoms with Crippen LogP contribution in [0, 0.1) is 0 Å². The third kappa shape index (κ3) is 7.77. The van der Waals surface area contributed by atoms with Gasteiger partial charge >= 0.3 is 0 Å². The number of hydrogen-bond acceptors (Lipinski definition) is 4. The van der Waals surface area contributed by atoms with E-state index in [2.05, 4.69) is 55.8 Å². The molecule has 3 aromatic heterocycles. The monoisotopic (exact) mass is 535 g/mol. The van der Waals surface area contributed by atoms with Crippen LogP contribution in [0.15, 0.2) is 35.0 Å². The molecule has 0 N–H and O–H groups in total. The summed E-state index contributed by atoms with van der Waals surface area (Å²) >= 11 is 3.72. The van der Waals surface area contributed by atoms with E-state index in [9.17, 15) is 0 Å². The number of rotatable bonds is 17. The molecular formula is C32H45N3S2. The Morgan fingerprint density at radius 3 is 1.51 bits per heavy atom. The van der Waals surface area contributed by atoms with Crippen LogP contribution in [0.1, 0.15) is 109 Å². The molecule has 0 bridgehead atoms. The molecule has 37 heavy (non-hydrogen) atoms. The Balaban J connectivity index is 1.60. The standard InChI is InChI=1S/C32H45N3S2/c1-4-7-10-13-16-25-21-29(36-23-25)27-18-19-28(30-22-26(24-37-30)17-14-11-8-5-2)32-31(27)33-35(34-32)20-15-12-9-6-3/h18-19,21-24H,4-17,20H2,1-3H3. The molecule has 0 spiro atoms. The zero-order chi connectivity index (χ0) is 25.9. The lowest BCUT2D eigenvalue weighted by molar-refractivity contribution is 0.495. The summed E-state index contributed by atoms with van der Waals surface area (Å²) in [5, 5.41) is 14.8. The highest BCUT2D eigenvalue weighted by Crippen LogP contribution is 2.38. The summed E-state index contributed by atoms with van der Waals surface area (Å²) in [4.78, 5) is 4.61. The third-order valence-electron chi connectivity index (χ3n) is 7.27. The van der Waals surface area contributed by atoms with E-state index < -0.39 is 0 Å². The zero-order valence-corrected chi connectivity index (χ0v) is 24.9. The van der Waals surface area contributed by atoms with Gasteiger partial charge in [0.15, 0.2) is 0 Å². The first-order valence-corrected chi connectivity index (χ1v) is 16.5. The van der Waals surface area contributed by atoms with E-state index in [0.717, 1.165) is 24.0 Å². The first kappa shape index (κ1) is 28.0. The minimum absolute atomic E-state index is 0.897. The number of aryl methyl sites for hydroxylation is 3. The maximum Gasteiger partial charge on any atom is 0.122 e. The summed E-state index contributed by atoms with van der Waals surface area (Å²) in [5.74, 6) is 0. The molecule has 200 valence electrons. The van der Waals surface area contributed by atoms with E-state index in [4.69, 9.17) is 10.2 Å². The third-order valence-corrected chi connectivity index (χ3v) is 9.29. The number of unbranched alkanes of at least 4 members (excludes halogenated alkanes) is 9. The van der Waals surface area contributed by atoms with Crippen molar-refractivity contribution in [3.8, 4) is 20.9 Å². The molecule has 0 atom stereocenters. The van der Waals surface area contributed by atoms with Crippen LogP contribution in [0.5, 0.6) is 0 Å². The average molecular weight is 536 g/mol. The molecule has 0 aliphatic rings. The van der Waals surface area contributed by atoms with E-state index >= 15 is 0 Å². The van der Waals surface area contributed by atoms with E-state index in [0.29, 0.717) is 0 Å². The van der Waals surface area contributed by atoms with Gasteiger partial charge in [0.25, 0.3) is 0 Å². The van der Waals surface area contributed by atoms with Gasteiger partial charge in [-0.25, -0.2) is 0 Å². The van der Waals surface area contributed by atoms with Gasteiger partial charge in [-0.1, -0.05) is 90.7 Å². The van der Waals surface area contributed by atoms with Crippen LogP contribution in [-0.2, 0) is 19.4 Å². The van der Waals surface area contributed by atoms with Crippen molar-refractivity contribution < 1.29 is 0 Å². The van der Waals surface area contributed by atoms with Gasteiger partial charge in [0.1, 0.15) is 11.0 Å². The first-order chi connectivity index (χ1) is 18.2. The van der Waals surface area contributed by atoms with E-state index in [1.165, 1.54) is 115 Å². The maximum absolute atomic E-state index is 5.06. The number of aromatic nitrogens is 3. The highest BCUT2D eigenvalue weighted by atomic mass is 32.1. The number of fused-ring (bicyclic) bond motifs is 1. The fourth-order valence-corrected chi connectivity index (χ4v) is 6.97. The minimum Gasteiger partial charge on any atom is -0.184 e. The highest BCUT2D eigenvalue weighted by Gasteiger charge is 2.17. The molecule has 0 fully saturated rings. The zero-order valence-electron chi connectivity index (χ0n) is 23.2. The second-order valence-electron chi connectivity index (χ2n) is 10.5. The molecule has 0 aliphatic carbocycles. The summed E-state index contributed by atoms with van der Waals surface area (Å²) in [5.41, 5.74) is 7.52. The summed E-state index contributed by atoms with van der Waals surface area (Å²) in [6, 6.07) is 9.37. The van der Waals surface area contributed by atoms with Crippen LogP contribution in [0.3, 0.4) is 0 Å². The second kappa shape index (κ2) is 14.8. The summed E-state index contributed by atoms with van der Waals surface area (Å²) < 4.78 is 0. The molecule has 1 aromatic carbocycles. The Bertz CT molecular complexity index is 1130. The predicted molar refractivity (Wildman–Crippen MR) is 164 cm³/mol. The van der Waals surface area contributed by atoms with Crippen LogP contribution >= 0.6 is 22.7 Å². The van der Waals surface area contributed by atoms with Crippen molar-refractivity contribution in [2.75, 3.05) is 0 Å². The van der Waals surface area contributed by atoms with Crippen LogP contribution in [-0.4, -0.2) is 15.0 Å². The number of nitrogens with zero attached hydrogens (tertiary/aromatic N) is 3. The highest BCUT2D eigenvalue weighted by molar-refractivity contribution is 7.14. The Hall–Kier alpha value is -1.98. The fourth-order valence-electron chi connectivity index (χ4n) is 5.02. The van der Waals surface area contributed by atoms with Crippen molar-refractivity contribution in [3.63, 3.8) is 0 Å². The minimum atomic E-state index is 0.897. The van der Waals surface area contributed by atoms with Crippen LogP contribution in [0.2, 0.25) is 0 Å². The lowest BCUT2D eigenvalue weighted by Crippen LogP contribution is -2.02. The molecule has 0 aliphatic heterocycles. The Labute approximate surface area is 232 Å². The van der Waals surface area contributed by atoms with Gasteiger partial charge in [-0.3, -0.25) is 0 Å². The summed E-state index contributed by atoms with van der Waals surface area (Å²) in [7, 11) is 0. The van der Waals surface area contributed by atoms with Crippen LogP contribution < -0.4 is 0 Å². The van der Waals surface area contributed by atoms with Gasteiger partial charge < -0.3 is 0 Å². The SMILES string of the molecule is CCCCCCc1csc(-c2ccc(-c3cc(CCCCCC)cs3)c3nn(CCCCCC)nc23)c1. The molecule has 4 aromatic rings. The van der Waals surface area contributed by atoms with Crippen molar-refractivity contribution in [2.45, 2.75) is 117 Å². The maximum atomic E-state index is 5.06. The van der Waals surface area contributed by atoms with Crippen molar-refractivity contribution in [1.82, 2.24) is 15.0 Å². The van der Waals surface area contributed by atoms with Crippen molar-refractivity contribution in [1.29, 1.82) is 0 Å². The van der Waals surface area contributed by atoms with Crippen molar-refractivity contribution >= 4 is 33.7 Å². The Kier molecular flexibility index (Phi) is 11.2. The van der Waals surface area contributed by atoms with Gasteiger partial charge in [0.2, 0.25) is 0 Å². The van der Waals surface area contributed by atoms with Crippen LogP contribution in [0.4, 0.5) is 0 Å². The lowest BCUT2D eigenvalue weighted by Gasteiger charge is -2.03. The van der Waals surface area contributed by atoms with E-state index in [1.807, 2.05) is 27.5 Å².